The Morgan fingerprint density at radius 1 is 0.897 bits per heavy atom. The zero-order valence-corrected chi connectivity index (χ0v) is 18.8. The van der Waals surface area contributed by atoms with Gasteiger partial charge >= 0.3 is 0 Å². The molecule has 2 heteroatoms. The van der Waals surface area contributed by atoms with Crippen molar-refractivity contribution in [3.05, 3.63) is 120 Å². The molecule has 0 radical (unpaired) electrons. The van der Waals surface area contributed by atoms with E-state index in [1.807, 2.05) is 65.0 Å². The molecule has 2 aromatic carbocycles. The van der Waals surface area contributed by atoms with Gasteiger partial charge in [0, 0.05) is 11.4 Å². The molecule has 0 saturated heterocycles. The van der Waals surface area contributed by atoms with Gasteiger partial charge in [-0.15, -0.1) is 0 Å². The topological polar surface area (TPSA) is 38.0 Å². The van der Waals surface area contributed by atoms with Crippen molar-refractivity contribution in [3.8, 4) is 0 Å². The van der Waals surface area contributed by atoms with Gasteiger partial charge in [0.15, 0.2) is 0 Å². The van der Waals surface area contributed by atoms with Crippen molar-refractivity contribution in [3.63, 3.8) is 0 Å². The van der Waals surface area contributed by atoms with E-state index in [4.69, 9.17) is 5.73 Å². The molecule has 0 aliphatic rings. The Bertz CT molecular complexity index is 712. The molecule has 0 aromatic heterocycles. The van der Waals surface area contributed by atoms with E-state index in [1.54, 1.807) is 0 Å². The zero-order valence-electron chi connectivity index (χ0n) is 18.8. The van der Waals surface area contributed by atoms with Crippen molar-refractivity contribution in [1.29, 1.82) is 0 Å². The summed E-state index contributed by atoms with van der Waals surface area (Å²) < 4.78 is 0. The molecule has 0 aliphatic carbocycles. The van der Waals surface area contributed by atoms with Crippen LogP contribution < -0.4 is 11.1 Å². The van der Waals surface area contributed by atoms with Gasteiger partial charge in [-0.25, -0.2) is 0 Å². The molecule has 0 bridgehead atoms. The van der Waals surface area contributed by atoms with Crippen LogP contribution in [0.4, 0.5) is 0 Å². The lowest BCUT2D eigenvalue weighted by Gasteiger charge is -2.22. The van der Waals surface area contributed by atoms with Gasteiger partial charge in [0.2, 0.25) is 0 Å². The van der Waals surface area contributed by atoms with Crippen molar-refractivity contribution < 1.29 is 0 Å². The Hall–Kier alpha value is -3.00. The summed E-state index contributed by atoms with van der Waals surface area (Å²) in [5.41, 5.74) is 10.6. The highest BCUT2D eigenvalue weighted by atomic mass is 14.9. The summed E-state index contributed by atoms with van der Waals surface area (Å²) >= 11 is 0. The van der Waals surface area contributed by atoms with Gasteiger partial charge in [0.25, 0.3) is 0 Å². The lowest BCUT2D eigenvalue weighted by molar-refractivity contribution is 0.700. The van der Waals surface area contributed by atoms with Gasteiger partial charge in [-0.2, -0.15) is 0 Å². The maximum atomic E-state index is 5.33. The highest BCUT2D eigenvalue weighted by molar-refractivity contribution is 5.35. The van der Waals surface area contributed by atoms with Crippen LogP contribution in [-0.4, -0.2) is 0 Å². The van der Waals surface area contributed by atoms with Crippen LogP contribution in [0.5, 0.6) is 0 Å². The lowest BCUT2D eigenvalue weighted by atomic mass is 9.98. The van der Waals surface area contributed by atoms with E-state index < -0.39 is 0 Å². The van der Waals surface area contributed by atoms with Crippen LogP contribution in [0.15, 0.2) is 109 Å². The number of nitrogens with two attached hydrogens (primary N) is 1. The highest BCUT2D eigenvalue weighted by Crippen LogP contribution is 2.23. The van der Waals surface area contributed by atoms with Crippen LogP contribution in [0.3, 0.4) is 0 Å². The van der Waals surface area contributed by atoms with Crippen molar-refractivity contribution in [2.75, 3.05) is 0 Å². The Morgan fingerprint density at radius 2 is 1.31 bits per heavy atom. The second-order valence-corrected chi connectivity index (χ2v) is 6.54. The molecule has 156 valence electrons. The number of allylic oxidation sites excluding steroid dienone is 5. The maximum absolute atomic E-state index is 5.33. The minimum atomic E-state index is 0.103. The number of hydrogen-bond donors (Lipinski definition) is 2. The lowest BCUT2D eigenvalue weighted by Crippen LogP contribution is -2.21. The minimum Gasteiger partial charge on any atom is -0.402 e. The summed E-state index contributed by atoms with van der Waals surface area (Å²) in [6, 6.07) is 20.9. The van der Waals surface area contributed by atoms with E-state index >= 15 is 0 Å². The Labute approximate surface area is 178 Å². The van der Waals surface area contributed by atoms with E-state index in [2.05, 4.69) is 67.0 Å². The predicted octanol–water partition coefficient (Wildman–Crippen LogP) is 7.30. The SMILES string of the molecule is C/C=C(/N)CC.C/C=C\C.C=C(C)C(=C)NC(c1ccccc1)c1ccccc1. The van der Waals surface area contributed by atoms with Crippen molar-refractivity contribution >= 4 is 0 Å². The Morgan fingerprint density at radius 3 is 1.55 bits per heavy atom. The first-order valence-corrected chi connectivity index (χ1v) is 10.1. The number of rotatable bonds is 6. The smallest absolute Gasteiger partial charge is 0.0767 e. The van der Waals surface area contributed by atoms with Gasteiger partial charge in [0.1, 0.15) is 0 Å². The molecule has 0 aliphatic heterocycles. The van der Waals surface area contributed by atoms with Crippen molar-refractivity contribution in [1.82, 2.24) is 5.32 Å². The van der Waals surface area contributed by atoms with Gasteiger partial charge in [-0.3, -0.25) is 0 Å². The van der Waals surface area contributed by atoms with E-state index in [1.165, 1.54) is 11.1 Å². The molecule has 0 saturated carbocycles. The second kappa shape index (κ2) is 16.0. The van der Waals surface area contributed by atoms with Crippen molar-refractivity contribution in [2.45, 2.75) is 47.1 Å². The molecule has 3 N–H and O–H groups in total. The van der Waals surface area contributed by atoms with E-state index in [0.29, 0.717) is 0 Å². The molecule has 0 unspecified atom stereocenters. The van der Waals surface area contributed by atoms with Crippen LogP contribution in [0, 0.1) is 0 Å². The molecule has 2 nitrogen and oxygen atoms in total. The second-order valence-electron chi connectivity index (χ2n) is 6.54. The summed E-state index contributed by atoms with van der Waals surface area (Å²) in [4.78, 5) is 0. The third-order valence-electron chi connectivity index (χ3n) is 4.21. The summed E-state index contributed by atoms with van der Waals surface area (Å²) in [7, 11) is 0. The molecule has 0 fully saturated rings. The van der Waals surface area contributed by atoms with Crippen LogP contribution >= 0.6 is 0 Å². The predicted molar refractivity (Wildman–Crippen MR) is 131 cm³/mol. The monoisotopic (exact) mass is 390 g/mol. The maximum Gasteiger partial charge on any atom is 0.0767 e. The third-order valence-corrected chi connectivity index (χ3v) is 4.21. The van der Waals surface area contributed by atoms with E-state index in [-0.39, 0.29) is 6.04 Å². The first kappa shape index (κ1) is 26.0. The molecule has 2 aromatic rings. The normalized spacial score (nSPS) is 10.5. The Kier molecular flexibility index (Phi) is 14.3. The molecule has 2 rings (SSSR count). The standard InChI is InChI=1S/C18H19N.C5H11N.C4H8/c1-14(2)15(3)19-18(16-10-6-4-7-11-16)17-12-8-5-9-13-17;1-3-5(6)4-2;1-3-4-2/h4-13,18-19H,1,3H2,2H3;3H,4,6H2,1-2H3;3-4H,1-2H3/b;5-3+;4-3-. The molecular formula is C27H38N2. The van der Waals surface area contributed by atoms with Crippen LogP contribution in [0.25, 0.3) is 0 Å². The summed E-state index contributed by atoms with van der Waals surface area (Å²) in [6.07, 6.45) is 6.89. The fourth-order valence-electron chi connectivity index (χ4n) is 2.15. The van der Waals surface area contributed by atoms with Gasteiger partial charge in [0.05, 0.1) is 6.04 Å². The van der Waals surface area contributed by atoms with E-state index in [0.717, 1.165) is 23.4 Å². The first-order valence-electron chi connectivity index (χ1n) is 10.1. The zero-order chi connectivity index (χ0) is 22.1. The molecule has 29 heavy (non-hydrogen) atoms. The minimum absolute atomic E-state index is 0.103. The van der Waals surface area contributed by atoms with Gasteiger partial charge in [-0.05, 0) is 50.8 Å². The largest absolute Gasteiger partial charge is 0.402 e. The average molecular weight is 391 g/mol. The van der Waals surface area contributed by atoms with Crippen molar-refractivity contribution in [2.24, 2.45) is 5.73 Å². The summed E-state index contributed by atoms with van der Waals surface area (Å²) in [5.74, 6) is 0. The number of benzene rings is 2. The number of hydrogen-bond acceptors (Lipinski definition) is 2. The summed E-state index contributed by atoms with van der Waals surface area (Å²) in [5, 5.41) is 3.46. The molecule has 0 heterocycles. The van der Waals surface area contributed by atoms with E-state index in [9.17, 15) is 0 Å². The Balaban J connectivity index is 0.000000654. The van der Waals surface area contributed by atoms with Crippen LogP contribution in [0.1, 0.15) is 58.2 Å². The fourth-order valence-corrected chi connectivity index (χ4v) is 2.15. The van der Waals surface area contributed by atoms with Gasteiger partial charge < -0.3 is 11.1 Å². The van der Waals surface area contributed by atoms with Crippen LogP contribution in [0.2, 0.25) is 0 Å². The van der Waals surface area contributed by atoms with Crippen LogP contribution in [-0.2, 0) is 0 Å². The quantitative estimate of drug-likeness (QED) is 0.401. The fraction of sp³-hybridized carbons (Fsp3) is 0.259. The van der Waals surface area contributed by atoms with Gasteiger partial charge in [-0.1, -0.05) is 99.0 Å². The molecule has 0 amide bonds. The average Bonchev–Trinajstić information content (AvgIpc) is 2.78. The molecule has 0 atom stereocenters. The third kappa shape index (κ3) is 11.4. The summed E-state index contributed by atoms with van der Waals surface area (Å²) in [6.45, 7) is 17.9. The number of nitrogens with one attached hydrogen (secondary N) is 1. The first-order chi connectivity index (χ1) is 13.9. The highest BCUT2D eigenvalue weighted by Gasteiger charge is 2.13. The molecular weight excluding hydrogens is 352 g/mol. The molecule has 0 spiro atoms.